The molecule has 0 spiro atoms. The Labute approximate surface area is 88.0 Å². The van der Waals surface area contributed by atoms with Gasteiger partial charge in [0.15, 0.2) is 0 Å². The van der Waals surface area contributed by atoms with Crippen molar-refractivity contribution in [2.75, 3.05) is 0 Å². The van der Waals surface area contributed by atoms with Crippen molar-refractivity contribution in [2.24, 2.45) is 0 Å². The molecule has 72 valence electrons. The average Bonchev–Trinajstić information content (AvgIpc) is 2.16. The molecule has 0 bridgehead atoms. The predicted molar refractivity (Wildman–Crippen MR) is 58.6 cm³/mol. The van der Waals surface area contributed by atoms with Gasteiger partial charge in [0.25, 0.3) is 0 Å². The fourth-order valence-corrected chi connectivity index (χ4v) is 1.52. The van der Waals surface area contributed by atoms with Crippen LogP contribution in [0.5, 0.6) is 0 Å². The van der Waals surface area contributed by atoms with Crippen molar-refractivity contribution in [3.8, 4) is 0 Å². The molecule has 1 aromatic carbocycles. The van der Waals surface area contributed by atoms with Crippen molar-refractivity contribution >= 4 is 22.5 Å². The first-order chi connectivity index (χ1) is 6.66. The molecule has 1 aromatic heterocycles. The number of rotatable bonds is 1. The van der Waals surface area contributed by atoms with E-state index in [9.17, 15) is 0 Å². The Bertz CT molecular complexity index is 466. The van der Waals surface area contributed by atoms with Crippen LogP contribution in [0.15, 0.2) is 24.4 Å². The highest BCUT2D eigenvalue weighted by atomic mass is 35.5. The van der Waals surface area contributed by atoms with Crippen LogP contribution in [0.3, 0.4) is 0 Å². The molecule has 2 rings (SSSR count). The van der Waals surface area contributed by atoms with Gasteiger partial charge in [0.05, 0.1) is 5.52 Å². The van der Waals surface area contributed by atoms with E-state index in [1.807, 2.05) is 6.07 Å². The van der Waals surface area contributed by atoms with Crippen LogP contribution in [0.25, 0.3) is 10.9 Å². The third-order valence-corrected chi connectivity index (χ3v) is 2.43. The van der Waals surface area contributed by atoms with E-state index in [0.29, 0.717) is 11.2 Å². The Balaban J connectivity index is 2.63. The number of benzene rings is 1. The molecular formula is C11H11ClN2. The van der Waals surface area contributed by atoms with Gasteiger partial charge in [-0.2, -0.15) is 0 Å². The van der Waals surface area contributed by atoms with Gasteiger partial charge in [-0.25, -0.2) is 9.97 Å². The summed E-state index contributed by atoms with van der Waals surface area (Å²) in [4.78, 5) is 8.11. The Morgan fingerprint density at radius 3 is 2.79 bits per heavy atom. The molecule has 0 aliphatic carbocycles. The summed E-state index contributed by atoms with van der Waals surface area (Å²) < 4.78 is 0. The summed E-state index contributed by atoms with van der Waals surface area (Å²) in [5, 5.41) is 1.33. The molecule has 0 N–H and O–H groups in total. The topological polar surface area (TPSA) is 25.8 Å². The van der Waals surface area contributed by atoms with Gasteiger partial charge in [-0.05, 0) is 29.1 Å². The number of nitrogens with zero attached hydrogens (tertiary/aromatic N) is 2. The highest BCUT2D eigenvalue weighted by molar-refractivity contribution is 6.28. The van der Waals surface area contributed by atoms with E-state index in [-0.39, 0.29) is 0 Å². The van der Waals surface area contributed by atoms with Crippen molar-refractivity contribution in [1.82, 2.24) is 9.97 Å². The zero-order chi connectivity index (χ0) is 10.1. The first-order valence-electron chi connectivity index (χ1n) is 4.59. The fraction of sp³-hybridized carbons (Fsp3) is 0.273. The van der Waals surface area contributed by atoms with Gasteiger partial charge in [0.1, 0.15) is 0 Å². The van der Waals surface area contributed by atoms with E-state index in [1.54, 1.807) is 6.20 Å². The molecule has 2 aromatic rings. The van der Waals surface area contributed by atoms with E-state index in [4.69, 9.17) is 11.6 Å². The molecule has 2 nitrogen and oxygen atoms in total. The Hall–Kier alpha value is -1.15. The summed E-state index contributed by atoms with van der Waals surface area (Å²) in [5.41, 5.74) is 2.18. The van der Waals surface area contributed by atoms with Crippen LogP contribution < -0.4 is 0 Å². The number of halogens is 1. The smallest absolute Gasteiger partial charge is 0.222 e. The van der Waals surface area contributed by atoms with E-state index >= 15 is 0 Å². The largest absolute Gasteiger partial charge is 0.226 e. The summed E-state index contributed by atoms with van der Waals surface area (Å²) in [6, 6.07) is 6.19. The Morgan fingerprint density at radius 2 is 2.07 bits per heavy atom. The quantitative estimate of drug-likeness (QED) is 0.669. The van der Waals surface area contributed by atoms with Crippen molar-refractivity contribution in [1.29, 1.82) is 0 Å². The van der Waals surface area contributed by atoms with Crippen LogP contribution in [0.1, 0.15) is 25.3 Å². The minimum absolute atomic E-state index is 0.304. The number of hydrogen-bond donors (Lipinski definition) is 0. The average molecular weight is 207 g/mol. The zero-order valence-electron chi connectivity index (χ0n) is 8.16. The van der Waals surface area contributed by atoms with Crippen LogP contribution >= 0.6 is 11.6 Å². The fourth-order valence-electron chi connectivity index (χ4n) is 1.38. The highest BCUT2D eigenvalue weighted by Gasteiger charge is 2.02. The molecule has 14 heavy (non-hydrogen) atoms. The summed E-state index contributed by atoms with van der Waals surface area (Å²) in [6.07, 6.45) is 1.74. The van der Waals surface area contributed by atoms with Crippen molar-refractivity contribution in [3.63, 3.8) is 0 Å². The molecule has 1 heterocycles. The van der Waals surface area contributed by atoms with Crippen LogP contribution in [-0.2, 0) is 0 Å². The lowest BCUT2D eigenvalue weighted by Crippen LogP contribution is -1.89. The number of aromatic nitrogens is 2. The van der Waals surface area contributed by atoms with Gasteiger partial charge < -0.3 is 0 Å². The molecule has 0 unspecified atom stereocenters. The van der Waals surface area contributed by atoms with E-state index in [0.717, 1.165) is 10.9 Å². The van der Waals surface area contributed by atoms with Gasteiger partial charge >= 0.3 is 0 Å². The molecule has 0 amide bonds. The normalized spacial score (nSPS) is 11.1. The summed E-state index contributed by atoms with van der Waals surface area (Å²) in [6.45, 7) is 4.31. The third kappa shape index (κ3) is 1.70. The van der Waals surface area contributed by atoms with Crippen LogP contribution in [0.2, 0.25) is 5.28 Å². The molecule has 3 heteroatoms. The monoisotopic (exact) mass is 206 g/mol. The summed E-state index contributed by atoms with van der Waals surface area (Å²) >= 11 is 5.73. The first kappa shape index (κ1) is 9.41. The van der Waals surface area contributed by atoms with Crippen molar-refractivity contribution in [3.05, 3.63) is 35.2 Å². The zero-order valence-corrected chi connectivity index (χ0v) is 8.92. The van der Waals surface area contributed by atoms with Gasteiger partial charge in [-0.15, -0.1) is 0 Å². The van der Waals surface area contributed by atoms with Crippen molar-refractivity contribution in [2.45, 2.75) is 19.8 Å². The van der Waals surface area contributed by atoms with Gasteiger partial charge in [-0.3, -0.25) is 0 Å². The second kappa shape index (κ2) is 3.54. The maximum Gasteiger partial charge on any atom is 0.222 e. The lowest BCUT2D eigenvalue weighted by atomic mass is 10.0. The van der Waals surface area contributed by atoms with Crippen LogP contribution in [0, 0.1) is 0 Å². The lowest BCUT2D eigenvalue weighted by molar-refractivity contribution is 0.868. The number of fused-ring (bicyclic) bond motifs is 1. The second-order valence-corrected chi connectivity index (χ2v) is 3.95. The minimum atomic E-state index is 0.304. The predicted octanol–water partition coefficient (Wildman–Crippen LogP) is 3.41. The standard InChI is InChI=1S/C11H11ClN2/c1-7(2)8-3-4-9-6-13-11(12)14-10(9)5-8/h3-7H,1-2H3. The molecule has 0 aliphatic heterocycles. The Kier molecular flexibility index (Phi) is 2.38. The molecule has 0 radical (unpaired) electrons. The van der Waals surface area contributed by atoms with Gasteiger partial charge in [-0.1, -0.05) is 26.0 Å². The van der Waals surface area contributed by atoms with Gasteiger partial charge in [0, 0.05) is 11.6 Å². The molecule has 0 atom stereocenters. The molecular weight excluding hydrogens is 196 g/mol. The SMILES string of the molecule is CC(C)c1ccc2cnc(Cl)nc2c1. The minimum Gasteiger partial charge on any atom is -0.226 e. The Morgan fingerprint density at radius 1 is 1.29 bits per heavy atom. The van der Waals surface area contributed by atoms with E-state index < -0.39 is 0 Å². The first-order valence-corrected chi connectivity index (χ1v) is 4.97. The van der Waals surface area contributed by atoms with Crippen LogP contribution in [0.4, 0.5) is 0 Å². The van der Waals surface area contributed by atoms with Crippen molar-refractivity contribution < 1.29 is 0 Å². The molecule has 0 fully saturated rings. The summed E-state index contributed by atoms with van der Waals surface area (Å²) in [5.74, 6) is 0.508. The lowest BCUT2D eigenvalue weighted by Gasteiger charge is -2.05. The van der Waals surface area contributed by atoms with Gasteiger partial charge in [0.2, 0.25) is 5.28 Å². The van der Waals surface area contributed by atoms with E-state index in [2.05, 4.69) is 35.9 Å². The summed E-state index contributed by atoms with van der Waals surface area (Å²) in [7, 11) is 0. The molecule has 0 aliphatic rings. The third-order valence-electron chi connectivity index (χ3n) is 2.24. The molecule has 0 saturated heterocycles. The van der Waals surface area contributed by atoms with E-state index in [1.165, 1.54) is 5.56 Å². The maximum atomic E-state index is 5.73. The maximum absolute atomic E-state index is 5.73. The second-order valence-electron chi connectivity index (χ2n) is 3.61. The molecule has 0 saturated carbocycles. The number of hydrogen-bond acceptors (Lipinski definition) is 2. The highest BCUT2D eigenvalue weighted by Crippen LogP contribution is 2.20. The van der Waals surface area contributed by atoms with Crippen LogP contribution in [-0.4, -0.2) is 9.97 Å².